The molecule has 0 aliphatic heterocycles. The Balaban J connectivity index is 2.42. The summed E-state index contributed by atoms with van der Waals surface area (Å²) < 4.78 is 22.5. The van der Waals surface area contributed by atoms with Crippen molar-refractivity contribution in [3.63, 3.8) is 0 Å². The molecule has 0 heterocycles. The molecule has 0 spiro atoms. The molecule has 14 heavy (non-hydrogen) atoms. The van der Waals surface area contributed by atoms with E-state index in [0.29, 0.717) is 25.3 Å². The van der Waals surface area contributed by atoms with E-state index in [1.54, 1.807) is 0 Å². The van der Waals surface area contributed by atoms with Crippen LogP contribution in [0.1, 0.15) is 25.7 Å². The Bertz CT molecular complexity index is 324. The lowest BCUT2D eigenvalue weighted by Crippen LogP contribution is -2.27. The molecule has 1 fully saturated rings. The normalized spacial score (nSPS) is 28.1. The van der Waals surface area contributed by atoms with Gasteiger partial charge in [-0.1, -0.05) is 5.11 Å². The third-order valence-corrected chi connectivity index (χ3v) is 4.48. The molecule has 0 aromatic rings. The molecule has 1 aliphatic rings. The largest absolute Gasteiger partial charge is 0.229 e. The van der Waals surface area contributed by atoms with Gasteiger partial charge < -0.3 is 0 Å². The zero-order chi connectivity index (χ0) is 10.6. The van der Waals surface area contributed by atoms with E-state index in [2.05, 4.69) is 10.0 Å². The van der Waals surface area contributed by atoms with Crippen LogP contribution < -0.4 is 0 Å². The fraction of sp³-hybridized carbons (Fsp3) is 1.00. The third kappa shape index (κ3) is 3.20. The fourth-order valence-electron chi connectivity index (χ4n) is 1.89. The van der Waals surface area contributed by atoms with Gasteiger partial charge in [-0.25, -0.2) is 8.42 Å². The van der Waals surface area contributed by atoms with Crippen molar-refractivity contribution in [2.45, 2.75) is 30.9 Å². The van der Waals surface area contributed by atoms with Crippen molar-refractivity contribution in [2.75, 3.05) is 12.8 Å². The lowest BCUT2D eigenvalue weighted by Gasteiger charge is -2.26. The first kappa shape index (κ1) is 11.3. The monoisotopic (exact) mass is 217 g/mol. The van der Waals surface area contributed by atoms with Gasteiger partial charge in [-0.05, 0) is 37.1 Å². The molecular weight excluding hydrogens is 202 g/mol. The van der Waals surface area contributed by atoms with Crippen molar-refractivity contribution in [3.8, 4) is 0 Å². The SMILES string of the molecule is CS(=O)(=O)C1CCC(CN=[N+]=[N-])CC1. The summed E-state index contributed by atoms with van der Waals surface area (Å²) in [4.78, 5) is 2.70. The summed E-state index contributed by atoms with van der Waals surface area (Å²) in [5.41, 5.74) is 8.14. The Morgan fingerprint density at radius 3 is 2.36 bits per heavy atom. The van der Waals surface area contributed by atoms with Crippen LogP contribution in [0.25, 0.3) is 10.4 Å². The minimum Gasteiger partial charge on any atom is -0.229 e. The third-order valence-electron chi connectivity index (χ3n) is 2.80. The Morgan fingerprint density at radius 1 is 1.36 bits per heavy atom. The molecule has 5 nitrogen and oxygen atoms in total. The van der Waals surface area contributed by atoms with Crippen LogP contribution in [-0.4, -0.2) is 26.5 Å². The minimum atomic E-state index is -2.87. The Labute approximate surface area is 84.0 Å². The molecule has 0 amide bonds. The second kappa shape index (κ2) is 4.66. The van der Waals surface area contributed by atoms with E-state index < -0.39 is 9.84 Å². The van der Waals surface area contributed by atoms with Gasteiger partial charge in [0.1, 0.15) is 9.84 Å². The zero-order valence-corrected chi connectivity index (χ0v) is 9.07. The molecule has 1 rings (SSSR count). The highest BCUT2D eigenvalue weighted by atomic mass is 32.2. The Hall–Kier alpha value is -0.740. The van der Waals surface area contributed by atoms with Gasteiger partial charge >= 0.3 is 0 Å². The molecule has 1 aliphatic carbocycles. The molecule has 0 aromatic heterocycles. The second-order valence-electron chi connectivity index (χ2n) is 3.89. The molecular formula is C8H15N3O2S. The van der Waals surface area contributed by atoms with Crippen molar-refractivity contribution in [1.29, 1.82) is 0 Å². The number of rotatable bonds is 3. The van der Waals surface area contributed by atoms with E-state index in [0.717, 1.165) is 12.8 Å². The number of hydrogen-bond acceptors (Lipinski definition) is 3. The summed E-state index contributed by atoms with van der Waals surface area (Å²) in [6.45, 7) is 0.507. The van der Waals surface area contributed by atoms with Crippen molar-refractivity contribution >= 4 is 9.84 Å². The highest BCUT2D eigenvalue weighted by Gasteiger charge is 2.27. The number of nitrogens with zero attached hydrogens (tertiary/aromatic N) is 3. The van der Waals surface area contributed by atoms with Gasteiger partial charge in [0.15, 0.2) is 0 Å². The van der Waals surface area contributed by atoms with Gasteiger partial charge in [-0.3, -0.25) is 0 Å². The van der Waals surface area contributed by atoms with E-state index in [4.69, 9.17) is 5.53 Å². The standard InChI is InChI=1S/C8H15N3O2S/c1-14(12,13)8-4-2-7(3-5-8)6-10-11-9/h7-8H,2-6H2,1H3. The van der Waals surface area contributed by atoms with E-state index in [9.17, 15) is 8.42 Å². The molecule has 0 bridgehead atoms. The quantitative estimate of drug-likeness (QED) is 0.411. The Morgan fingerprint density at radius 2 is 1.93 bits per heavy atom. The first-order chi connectivity index (χ1) is 6.54. The van der Waals surface area contributed by atoms with Gasteiger partial charge in [0.05, 0.1) is 5.25 Å². The van der Waals surface area contributed by atoms with Crippen molar-refractivity contribution in [3.05, 3.63) is 10.4 Å². The predicted molar refractivity (Wildman–Crippen MR) is 54.6 cm³/mol. The first-order valence-electron chi connectivity index (χ1n) is 4.73. The molecule has 0 atom stereocenters. The van der Waals surface area contributed by atoms with Crippen LogP contribution in [0, 0.1) is 5.92 Å². The van der Waals surface area contributed by atoms with Gasteiger partial charge in [0.25, 0.3) is 0 Å². The summed E-state index contributed by atoms with van der Waals surface area (Å²) in [5.74, 6) is 0.379. The van der Waals surface area contributed by atoms with Crippen LogP contribution in [-0.2, 0) is 9.84 Å². The van der Waals surface area contributed by atoms with E-state index in [1.165, 1.54) is 6.26 Å². The maximum absolute atomic E-state index is 11.2. The van der Waals surface area contributed by atoms with Crippen LogP contribution in [0.3, 0.4) is 0 Å². The van der Waals surface area contributed by atoms with Crippen molar-refractivity contribution < 1.29 is 8.42 Å². The smallest absolute Gasteiger partial charge is 0.150 e. The Kier molecular flexibility index (Phi) is 3.77. The average Bonchev–Trinajstić information content (AvgIpc) is 2.14. The molecule has 0 aromatic carbocycles. The number of hydrogen-bond donors (Lipinski definition) is 0. The van der Waals surface area contributed by atoms with Crippen LogP contribution in [0.5, 0.6) is 0 Å². The van der Waals surface area contributed by atoms with Gasteiger partial charge in [-0.2, -0.15) is 0 Å². The summed E-state index contributed by atoms with van der Waals surface area (Å²) >= 11 is 0. The van der Waals surface area contributed by atoms with E-state index in [1.807, 2.05) is 0 Å². The highest BCUT2D eigenvalue weighted by Crippen LogP contribution is 2.28. The van der Waals surface area contributed by atoms with E-state index in [-0.39, 0.29) is 5.25 Å². The molecule has 0 unspecified atom stereocenters. The summed E-state index contributed by atoms with van der Waals surface area (Å²) in [6, 6.07) is 0. The molecule has 0 N–H and O–H groups in total. The van der Waals surface area contributed by atoms with Crippen LogP contribution in [0.4, 0.5) is 0 Å². The van der Waals surface area contributed by atoms with Crippen LogP contribution >= 0.6 is 0 Å². The topological polar surface area (TPSA) is 82.9 Å². The average molecular weight is 217 g/mol. The second-order valence-corrected chi connectivity index (χ2v) is 6.21. The minimum absolute atomic E-state index is 0.176. The lowest BCUT2D eigenvalue weighted by atomic mass is 9.89. The van der Waals surface area contributed by atoms with Gasteiger partial charge in [0.2, 0.25) is 0 Å². The van der Waals surface area contributed by atoms with Crippen LogP contribution in [0.2, 0.25) is 0 Å². The van der Waals surface area contributed by atoms with Crippen LogP contribution in [0.15, 0.2) is 5.11 Å². The zero-order valence-electron chi connectivity index (χ0n) is 8.26. The molecule has 1 saturated carbocycles. The summed E-state index contributed by atoms with van der Waals surface area (Å²) in [5, 5.41) is 3.34. The maximum Gasteiger partial charge on any atom is 0.150 e. The first-order valence-corrected chi connectivity index (χ1v) is 6.69. The molecule has 80 valence electrons. The van der Waals surface area contributed by atoms with Crippen molar-refractivity contribution in [2.24, 2.45) is 11.0 Å². The molecule has 0 saturated heterocycles. The fourth-order valence-corrected chi connectivity index (χ4v) is 3.02. The highest BCUT2D eigenvalue weighted by molar-refractivity contribution is 7.91. The predicted octanol–water partition coefficient (Wildman–Crippen LogP) is 1.90. The van der Waals surface area contributed by atoms with Gasteiger partial charge in [-0.15, -0.1) is 0 Å². The molecule has 0 radical (unpaired) electrons. The summed E-state index contributed by atoms with van der Waals surface area (Å²) in [6.07, 6.45) is 4.44. The summed E-state index contributed by atoms with van der Waals surface area (Å²) in [7, 11) is -2.87. The van der Waals surface area contributed by atoms with E-state index >= 15 is 0 Å². The molecule has 6 heteroatoms. The number of sulfone groups is 1. The van der Waals surface area contributed by atoms with Gasteiger partial charge in [0, 0.05) is 17.7 Å². The maximum atomic E-state index is 11.2. The van der Waals surface area contributed by atoms with Crippen molar-refractivity contribution in [1.82, 2.24) is 0 Å². The number of azide groups is 1. The lowest BCUT2D eigenvalue weighted by molar-refractivity contribution is 0.365.